The molecule has 1 fully saturated rings. The van der Waals surface area contributed by atoms with Crippen molar-refractivity contribution >= 4 is 11.5 Å². The lowest BCUT2D eigenvalue weighted by Gasteiger charge is -2.25. The summed E-state index contributed by atoms with van der Waals surface area (Å²) in [6, 6.07) is 4.47. The predicted octanol–water partition coefficient (Wildman–Crippen LogP) is 2.94. The van der Waals surface area contributed by atoms with Crippen LogP contribution in [-0.2, 0) is 0 Å². The molecule has 0 aliphatic carbocycles. The Morgan fingerprint density at radius 1 is 1.45 bits per heavy atom. The van der Waals surface area contributed by atoms with E-state index in [0.29, 0.717) is 5.56 Å². The largest absolute Gasteiger partial charge is 0.409 e. The highest BCUT2D eigenvalue weighted by atomic mass is 19.1. The highest BCUT2D eigenvalue weighted by Gasteiger charge is 2.19. The highest BCUT2D eigenvalue weighted by Crippen LogP contribution is 2.27. The monoisotopic (exact) mass is 279 g/mol. The molecule has 1 aliphatic rings. The first-order chi connectivity index (χ1) is 9.65. The van der Waals surface area contributed by atoms with Gasteiger partial charge in [-0.25, -0.2) is 4.39 Å². The van der Waals surface area contributed by atoms with Crippen LogP contribution in [0.25, 0.3) is 0 Å². The summed E-state index contributed by atoms with van der Waals surface area (Å²) in [6.45, 7) is 4.07. The van der Waals surface area contributed by atoms with Crippen LogP contribution in [0.15, 0.2) is 23.4 Å². The lowest BCUT2D eigenvalue weighted by molar-refractivity contribution is 0.318. The van der Waals surface area contributed by atoms with Gasteiger partial charge in [0.1, 0.15) is 5.82 Å². The first-order valence-corrected chi connectivity index (χ1v) is 7.18. The summed E-state index contributed by atoms with van der Waals surface area (Å²) in [5.74, 6) is 0.333. The Morgan fingerprint density at radius 3 is 2.95 bits per heavy atom. The van der Waals surface area contributed by atoms with Crippen molar-refractivity contribution in [3.63, 3.8) is 0 Å². The Balaban J connectivity index is 2.27. The smallest absolute Gasteiger partial charge is 0.172 e. The number of amidine groups is 1. The number of nitrogens with zero attached hydrogens (tertiary/aromatic N) is 2. The molecule has 1 aliphatic heterocycles. The van der Waals surface area contributed by atoms with Gasteiger partial charge >= 0.3 is 0 Å². The molecule has 0 bridgehead atoms. The van der Waals surface area contributed by atoms with Crippen LogP contribution in [0.1, 0.15) is 38.2 Å². The van der Waals surface area contributed by atoms with E-state index >= 15 is 0 Å². The van der Waals surface area contributed by atoms with Crippen molar-refractivity contribution in [1.82, 2.24) is 0 Å². The van der Waals surface area contributed by atoms with E-state index in [0.717, 1.165) is 37.5 Å². The minimum atomic E-state index is -0.378. The summed E-state index contributed by atoms with van der Waals surface area (Å²) >= 11 is 0. The Hall–Kier alpha value is -1.78. The van der Waals surface area contributed by atoms with Crippen molar-refractivity contribution in [2.45, 2.75) is 32.6 Å². The van der Waals surface area contributed by atoms with E-state index in [1.54, 1.807) is 6.07 Å². The van der Waals surface area contributed by atoms with Crippen LogP contribution in [0.2, 0.25) is 0 Å². The second-order valence-electron chi connectivity index (χ2n) is 5.34. The average molecular weight is 279 g/mol. The molecule has 0 saturated carbocycles. The highest BCUT2D eigenvalue weighted by molar-refractivity contribution is 6.02. The van der Waals surface area contributed by atoms with Gasteiger partial charge in [0, 0.05) is 24.3 Å². The van der Waals surface area contributed by atoms with Crippen molar-refractivity contribution in [2.24, 2.45) is 16.8 Å². The second kappa shape index (κ2) is 6.59. The van der Waals surface area contributed by atoms with E-state index in [-0.39, 0.29) is 11.7 Å². The topological polar surface area (TPSA) is 61.8 Å². The lowest BCUT2D eigenvalue weighted by Crippen LogP contribution is -2.28. The molecule has 5 heteroatoms. The second-order valence-corrected chi connectivity index (χ2v) is 5.34. The number of rotatable bonds is 3. The average Bonchev–Trinajstić information content (AvgIpc) is 2.71. The number of hydrogen-bond acceptors (Lipinski definition) is 3. The van der Waals surface area contributed by atoms with E-state index < -0.39 is 0 Å². The fourth-order valence-corrected chi connectivity index (χ4v) is 2.86. The van der Waals surface area contributed by atoms with E-state index in [1.165, 1.54) is 25.0 Å². The zero-order valence-corrected chi connectivity index (χ0v) is 11.8. The van der Waals surface area contributed by atoms with Crippen molar-refractivity contribution in [1.29, 1.82) is 0 Å². The molecule has 1 saturated heterocycles. The molecule has 4 nitrogen and oxygen atoms in total. The molecule has 1 aromatic rings. The summed E-state index contributed by atoms with van der Waals surface area (Å²) < 4.78 is 13.4. The fourth-order valence-electron chi connectivity index (χ4n) is 2.86. The van der Waals surface area contributed by atoms with Crippen LogP contribution < -0.4 is 10.6 Å². The molecule has 3 N–H and O–H groups in total. The molecule has 110 valence electrons. The van der Waals surface area contributed by atoms with Gasteiger partial charge in [-0.1, -0.05) is 18.5 Å². The Labute approximate surface area is 119 Å². The van der Waals surface area contributed by atoms with Crippen molar-refractivity contribution in [3.8, 4) is 0 Å². The molecule has 1 heterocycles. The molecule has 2 rings (SSSR count). The third-order valence-electron chi connectivity index (χ3n) is 4.11. The summed E-state index contributed by atoms with van der Waals surface area (Å²) in [7, 11) is 0. The first-order valence-electron chi connectivity index (χ1n) is 7.18. The predicted molar refractivity (Wildman–Crippen MR) is 78.8 cm³/mol. The van der Waals surface area contributed by atoms with Crippen molar-refractivity contribution in [2.75, 3.05) is 18.0 Å². The number of anilines is 1. The van der Waals surface area contributed by atoms with E-state index in [4.69, 9.17) is 10.9 Å². The Morgan fingerprint density at radius 2 is 2.25 bits per heavy atom. The number of hydrogen-bond donors (Lipinski definition) is 2. The molecule has 20 heavy (non-hydrogen) atoms. The summed E-state index contributed by atoms with van der Waals surface area (Å²) in [6.07, 6.45) is 4.67. The van der Waals surface area contributed by atoms with E-state index in [1.807, 2.05) is 0 Å². The Bertz CT molecular complexity index is 490. The van der Waals surface area contributed by atoms with Crippen LogP contribution in [0.5, 0.6) is 0 Å². The maximum Gasteiger partial charge on any atom is 0.172 e. The van der Waals surface area contributed by atoms with E-state index in [2.05, 4.69) is 17.0 Å². The summed E-state index contributed by atoms with van der Waals surface area (Å²) in [5, 5.41) is 11.9. The summed E-state index contributed by atoms with van der Waals surface area (Å²) in [4.78, 5) is 2.21. The molecule has 1 aromatic carbocycles. The first kappa shape index (κ1) is 14.6. The lowest BCUT2D eigenvalue weighted by atomic mass is 9.98. The Kier molecular flexibility index (Phi) is 4.82. The number of nitrogens with two attached hydrogens (primary N) is 1. The van der Waals surface area contributed by atoms with Gasteiger partial charge in [0.05, 0.1) is 0 Å². The van der Waals surface area contributed by atoms with E-state index in [9.17, 15) is 4.39 Å². The van der Waals surface area contributed by atoms with Gasteiger partial charge in [-0.2, -0.15) is 0 Å². The molecule has 0 aromatic heterocycles. The zero-order chi connectivity index (χ0) is 14.5. The molecular formula is C15H22FN3O. The van der Waals surface area contributed by atoms with Gasteiger partial charge in [0.2, 0.25) is 0 Å². The maximum atomic E-state index is 13.4. The molecular weight excluding hydrogens is 257 g/mol. The number of halogens is 1. The molecule has 1 atom stereocenters. The fraction of sp³-hybridized carbons (Fsp3) is 0.533. The minimum Gasteiger partial charge on any atom is -0.409 e. The normalized spacial score (nSPS) is 20.8. The third kappa shape index (κ3) is 3.21. The zero-order valence-electron chi connectivity index (χ0n) is 11.8. The molecule has 0 radical (unpaired) electrons. The molecule has 1 unspecified atom stereocenters. The quantitative estimate of drug-likeness (QED) is 0.387. The van der Waals surface area contributed by atoms with Crippen LogP contribution in [-0.4, -0.2) is 24.1 Å². The van der Waals surface area contributed by atoms with Gasteiger partial charge in [-0.15, -0.1) is 0 Å². The van der Waals surface area contributed by atoms with Crippen molar-refractivity contribution < 1.29 is 9.60 Å². The minimum absolute atomic E-state index is 0.0456. The SMILES string of the molecule is CCC1CCCN(c2ccc(F)cc2C(N)=NO)CC1. The van der Waals surface area contributed by atoms with Gasteiger partial charge in [-0.3, -0.25) is 0 Å². The molecule has 0 amide bonds. The molecule has 0 spiro atoms. The van der Waals surface area contributed by atoms with Crippen LogP contribution in [0.4, 0.5) is 10.1 Å². The van der Waals surface area contributed by atoms with Gasteiger partial charge in [0.25, 0.3) is 0 Å². The van der Waals surface area contributed by atoms with Gasteiger partial charge < -0.3 is 15.8 Å². The van der Waals surface area contributed by atoms with Gasteiger partial charge in [-0.05, 0) is 43.4 Å². The summed E-state index contributed by atoms with van der Waals surface area (Å²) in [5.41, 5.74) is 6.98. The van der Waals surface area contributed by atoms with Crippen LogP contribution in [0, 0.1) is 11.7 Å². The number of oxime groups is 1. The van der Waals surface area contributed by atoms with Gasteiger partial charge in [0.15, 0.2) is 5.84 Å². The van der Waals surface area contributed by atoms with Crippen LogP contribution in [0.3, 0.4) is 0 Å². The van der Waals surface area contributed by atoms with Crippen LogP contribution >= 0.6 is 0 Å². The maximum absolute atomic E-state index is 13.4. The van der Waals surface area contributed by atoms with Crippen molar-refractivity contribution in [3.05, 3.63) is 29.6 Å². The number of benzene rings is 1. The third-order valence-corrected chi connectivity index (χ3v) is 4.11. The standard InChI is InChI=1S/C15H22FN3O/c1-2-11-4-3-8-19(9-7-11)14-6-5-12(16)10-13(14)15(17)18-20/h5-6,10-11,20H,2-4,7-9H2,1H3,(H2,17,18).